The van der Waals surface area contributed by atoms with Gasteiger partial charge in [0.05, 0.1) is 15.5 Å². The van der Waals surface area contributed by atoms with Crippen molar-refractivity contribution in [2.24, 2.45) is 5.92 Å². The monoisotopic (exact) mass is 451 g/mol. The molecule has 2 bridgehead atoms. The van der Waals surface area contributed by atoms with Gasteiger partial charge in [-0.15, -0.1) is 0 Å². The van der Waals surface area contributed by atoms with E-state index in [-0.39, 0.29) is 33.2 Å². The third-order valence-corrected chi connectivity index (χ3v) is 8.00. The van der Waals surface area contributed by atoms with E-state index in [1.165, 1.54) is 40.5 Å². The Hall–Kier alpha value is -2.63. The average molecular weight is 452 g/mol. The lowest BCUT2D eigenvalue weighted by atomic mass is 9.59. The van der Waals surface area contributed by atoms with Gasteiger partial charge in [0, 0.05) is 24.6 Å². The summed E-state index contributed by atoms with van der Waals surface area (Å²) in [5.41, 5.74) is 5.64. The molecule has 6 heteroatoms. The molecule has 1 amide bonds. The zero-order valence-corrected chi connectivity index (χ0v) is 18.6. The van der Waals surface area contributed by atoms with Gasteiger partial charge in [0.2, 0.25) is 0 Å². The summed E-state index contributed by atoms with van der Waals surface area (Å²) < 4.78 is 23.7. The zero-order chi connectivity index (χ0) is 21.8. The van der Waals surface area contributed by atoms with E-state index in [1.807, 2.05) is 0 Å². The van der Waals surface area contributed by atoms with Gasteiger partial charge in [0.15, 0.2) is 9.84 Å². The van der Waals surface area contributed by atoms with E-state index in [0.29, 0.717) is 12.5 Å². The number of fused-ring (bicyclic) bond motifs is 1. The van der Waals surface area contributed by atoms with Crippen LogP contribution in [0.2, 0.25) is 5.02 Å². The average Bonchev–Trinajstić information content (AvgIpc) is 2.77. The maximum atomic E-state index is 12.9. The number of sulfone groups is 1. The molecule has 0 fully saturated rings. The molecule has 158 valence electrons. The Bertz CT molecular complexity index is 1250. The van der Waals surface area contributed by atoms with Crippen molar-refractivity contribution in [1.82, 2.24) is 5.32 Å². The van der Waals surface area contributed by atoms with Crippen LogP contribution in [0.3, 0.4) is 0 Å². The SMILES string of the molecule is CS(=O)(=O)c1ccc(Cl)c(C(=O)NCC2CC3c4ccccc4C2c2ccccc23)c1. The molecule has 0 aromatic heterocycles. The third-order valence-electron chi connectivity index (χ3n) is 6.56. The second-order valence-corrected chi connectivity index (χ2v) is 10.8. The molecule has 3 aliphatic carbocycles. The van der Waals surface area contributed by atoms with Gasteiger partial charge in [-0.2, -0.15) is 0 Å². The summed E-state index contributed by atoms with van der Waals surface area (Å²) in [6, 6.07) is 21.4. The minimum Gasteiger partial charge on any atom is -0.352 e. The second kappa shape index (κ2) is 7.50. The molecule has 3 aromatic carbocycles. The summed E-state index contributed by atoms with van der Waals surface area (Å²) >= 11 is 6.20. The van der Waals surface area contributed by atoms with Crippen LogP contribution in [0.25, 0.3) is 0 Å². The largest absolute Gasteiger partial charge is 0.352 e. The number of rotatable bonds is 4. The lowest BCUT2D eigenvalue weighted by Crippen LogP contribution is -2.39. The molecule has 1 atom stereocenters. The Balaban J connectivity index is 1.42. The van der Waals surface area contributed by atoms with Gasteiger partial charge in [-0.3, -0.25) is 4.79 Å². The van der Waals surface area contributed by atoms with Crippen molar-refractivity contribution in [3.8, 4) is 0 Å². The van der Waals surface area contributed by atoms with Crippen LogP contribution >= 0.6 is 11.6 Å². The first-order valence-electron chi connectivity index (χ1n) is 10.3. The predicted octanol–water partition coefficient (Wildman–Crippen LogP) is 4.77. The van der Waals surface area contributed by atoms with Gasteiger partial charge >= 0.3 is 0 Å². The summed E-state index contributed by atoms with van der Waals surface area (Å²) in [4.78, 5) is 13.0. The van der Waals surface area contributed by atoms with Gasteiger partial charge in [-0.25, -0.2) is 8.42 Å². The molecule has 4 nitrogen and oxygen atoms in total. The number of carbonyl (C=O) groups excluding carboxylic acids is 1. The quantitative estimate of drug-likeness (QED) is 0.621. The summed E-state index contributed by atoms with van der Waals surface area (Å²) in [6.45, 7) is 0.502. The fourth-order valence-electron chi connectivity index (χ4n) is 5.19. The number of hydrogen-bond donors (Lipinski definition) is 1. The van der Waals surface area contributed by atoms with Crippen molar-refractivity contribution in [3.63, 3.8) is 0 Å². The van der Waals surface area contributed by atoms with E-state index < -0.39 is 9.84 Å². The highest BCUT2D eigenvalue weighted by Crippen LogP contribution is 2.55. The molecule has 0 spiro atoms. The van der Waals surface area contributed by atoms with Crippen molar-refractivity contribution in [1.29, 1.82) is 0 Å². The minimum absolute atomic E-state index is 0.0848. The van der Waals surface area contributed by atoms with E-state index in [9.17, 15) is 13.2 Å². The van der Waals surface area contributed by atoms with Gasteiger partial charge in [0.1, 0.15) is 0 Å². The molecule has 0 heterocycles. The van der Waals surface area contributed by atoms with Gasteiger partial charge in [-0.1, -0.05) is 60.1 Å². The van der Waals surface area contributed by atoms with Crippen molar-refractivity contribution < 1.29 is 13.2 Å². The number of amides is 1. The normalized spacial score (nSPS) is 21.3. The van der Waals surface area contributed by atoms with Crippen molar-refractivity contribution in [2.45, 2.75) is 23.2 Å². The van der Waals surface area contributed by atoms with Crippen LogP contribution in [0, 0.1) is 5.92 Å². The van der Waals surface area contributed by atoms with E-state index in [4.69, 9.17) is 11.6 Å². The van der Waals surface area contributed by atoms with Crippen molar-refractivity contribution in [2.75, 3.05) is 12.8 Å². The topological polar surface area (TPSA) is 63.2 Å². The van der Waals surface area contributed by atoms with Crippen molar-refractivity contribution in [3.05, 3.63) is 99.6 Å². The van der Waals surface area contributed by atoms with Crippen LogP contribution in [-0.2, 0) is 9.84 Å². The molecule has 1 N–H and O–H groups in total. The van der Waals surface area contributed by atoms with Crippen LogP contribution in [0.5, 0.6) is 0 Å². The molecule has 0 aliphatic heterocycles. The number of benzene rings is 3. The Morgan fingerprint density at radius 1 is 0.968 bits per heavy atom. The summed E-state index contributed by atoms with van der Waals surface area (Å²) in [5.74, 6) is 0.473. The number of hydrogen-bond acceptors (Lipinski definition) is 3. The summed E-state index contributed by atoms with van der Waals surface area (Å²) in [5, 5.41) is 3.26. The Morgan fingerprint density at radius 2 is 1.55 bits per heavy atom. The number of nitrogens with one attached hydrogen (secondary N) is 1. The first-order chi connectivity index (χ1) is 14.8. The van der Waals surface area contributed by atoms with Gasteiger partial charge in [0.25, 0.3) is 5.91 Å². The molecule has 0 radical (unpaired) electrons. The van der Waals surface area contributed by atoms with Crippen molar-refractivity contribution >= 4 is 27.3 Å². The third kappa shape index (κ3) is 3.46. The Morgan fingerprint density at radius 3 is 2.13 bits per heavy atom. The lowest BCUT2D eigenvalue weighted by molar-refractivity contribution is 0.0943. The maximum absolute atomic E-state index is 12.9. The first kappa shape index (κ1) is 20.3. The van der Waals surface area contributed by atoms with Crippen LogP contribution in [0.4, 0.5) is 0 Å². The van der Waals surface area contributed by atoms with E-state index >= 15 is 0 Å². The number of halogens is 1. The van der Waals surface area contributed by atoms with E-state index in [2.05, 4.69) is 53.8 Å². The highest BCUT2D eigenvalue weighted by Gasteiger charge is 2.42. The Labute approximate surface area is 187 Å². The molecule has 6 rings (SSSR count). The molecule has 0 saturated carbocycles. The molecule has 3 aromatic rings. The smallest absolute Gasteiger partial charge is 0.252 e. The second-order valence-electron chi connectivity index (χ2n) is 8.41. The fraction of sp³-hybridized carbons (Fsp3) is 0.240. The van der Waals surface area contributed by atoms with Crippen LogP contribution in [-0.4, -0.2) is 27.1 Å². The van der Waals surface area contributed by atoms with Gasteiger partial charge in [-0.05, 0) is 52.8 Å². The molecular formula is C25H22ClNO3S. The fourth-order valence-corrected chi connectivity index (χ4v) is 6.04. The highest BCUT2D eigenvalue weighted by atomic mass is 35.5. The molecule has 31 heavy (non-hydrogen) atoms. The number of carbonyl (C=O) groups is 1. The maximum Gasteiger partial charge on any atom is 0.252 e. The lowest BCUT2D eigenvalue weighted by Gasteiger charge is -2.45. The van der Waals surface area contributed by atoms with Gasteiger partial charge < -0.3 is 5.32 Å². The van der Waals surface area contributed by atoms with Crippen LogP contribution in [0.15, 0.2) is 71.6 Å². The molecular weight excluding hydrogens is 430 g/mol. The standard InChI is InChI=1S/C25H22ClNO3S/c1-31(29,30)16-10-11-23(26)22(13-16)25(28)27-14-15-12-21-17-6-2-4-8-19(17)24(15)20-9-5-3-7-18(20)21/h2-11,13,15,21,24H,12,14H2,1H3,(H,27,28). The summed E-state index contributed by atoms with van der Waals surface area (Å²) in [7, 11) is -3.42. The molecule has 1 unspecified atom stereocenters. The van der Waals surface area contributed by atoms with E-state index in [0.717, 1.165) is 12.7 Å². The molecule has 3 aliphatic rings. The highest BCUT2D eigenvalue weighted by molar-refractivity contribution is 7.90. The summed E-state index contributed by atoms with van der Waals surface area (Å²) in [6.07, 6.45) is 2.08. The van der Waals surface area contributed by atoms with E-state index in [1.54, 1.807) is 0 Å². The van der Waals surface area contributed by atoms with Crippen LogP contribution in [0.1, 0.15) is 50.9 Å². The minimum atomic E-state index is -3.42. The zero-order valence-electron chi connectivity index (χ0n) is 17.0. The Kier molecular flexibility index (Phi) is 4.91. The predicted molar refractivity (Wildman–Crippen MR) is 122 cm³/mol. The van der Waals surface area contributed by atoms with Crippen LogP contribution < -0.4 is 5.32 Å². The first-order valence-corrected chi connectivity index (χ1v) is 12.6. The molecule has 0 saturated heterocycles.